The Labute approximate surface area is 152 Å². The first-order valence-corrected chi connectivity index (χ1v) is 8.46. The number of carbonyl (C=O) groups excluding carboxylic acids is 1. The standard InChI is InChI=1S/C19H22N4O3/c1-25-16-5-7-17(8-6-16)26-13-11-21-19(24)20-10-9-15-14-23-12-3-2-4-18(23)22-15/h2-8,12,14H,9-11,13H2,1H3,(H2,20,21,24). The molecule has 0 aliphatic heterocycles. The highest BCUT2D eigenvalue weighted by Crippen LogP contribution is 2.16. The van der Waals surface area contributed by atoms with Crippen LogP contribution in [0.4, 0.5) is 4.79 Å². The fraction of sp³-hybridized carbons (Fsp3) is 0.263. The molecular formula is C19H22N4O3. The van der Waals surface area contributed by atoms with E-state index < -0.39 is 0 Å². The van der Waals surface area contributed by atoms with Gasteiger partial charge in [-0.2, -0.15) is 0 Å². The van der Waals surface area contributed by atoms with Crippen LogP contribution in [-0.2, 0) is 6.42 Å². The number of hydrogen-bond donors (Lipinski definition) is 2. The number of benzene rings is 1. The molecule has 0 saturated heterocycles. The lowest BCUT2D eigenvalue weighted by atomic mass is 10.3. The van der Waals surface area contributed by atoms with Gasteiger partial charge >= 0.3 is 6.03 Å². The molecule has 0 bridgehead atoms. The molecule has 3 aromatic rings. The molecule has 26 heavy (non-hydrogen) atoms. The van der Waals surface area contributed by atoms with E-state index in [0.717, 1.165) is 22.8 Å². The molecule has 2 aromatic heterocycles. The zero-order valence-corrected chi connectivity index (χ0v) is 14.6. The molecule has 0 aliphatic rings. The number of rotatable bonds is 8. The SMILES string of the molecule is COc1ccc(OCCNC(=O)NCCc2cn3ccccc3n2)cc1. The zero-order chi connectivity index (χ0) is 18.2. The maximum atomic E-state index is 11.8. The third kappa shape index (κ3) is 4.89. The molecule has 3 rings (SSSR count). The fourth-order valence-electron chi connectivity index (χ4n) is 2.48. The van der Waals surface area contributed by atoms with Crippen LogP contribution in [0.15, 0.2) is 54.9 Å². The van der Waals surface area contributed by atoms with Crippen LogP contribution in [-0.4, -0.2) is 42.2 Å². The zero-order valence-electron chi connectivity index (χ0n) is 14.6. The molecule has 2 N–H and O–H groups in total. The summed E-state index contributed by atoms with van der Waals surface area (Å²) in [4.78, 5) is 16.3. The summed E-state index contributed by atoms with van der Waals surface area (Å²) in [6.45, 7) is 1.34. The monoisotopic (exact) mass is 354 g/mol. The number of pyridine rings is 1. The summed E-state index contributed by atoms with van der Waals surface area (Å²) >= 11 is 0. The van der Waals surface area contributed by atoms with Gasteiger partial charge in [-0.3, -0.25) is 0 Å². The fourth-order valence-corrected chi connectivity index (χ4v) is 2.48. The molecule has 7 heteroatoms. The second kappa shape index (κ2) is 8.75. The summed E-state index contributed by atoms with van der Waals surface area (Å²) in [6, 6.07) is 13.0. The van der Waals surface area contributed by atoms with Gasteiger partial charge in [0, 0.05) is 25.4 Å². The van der Waals surface area contributed by atoms with Crippen molar-refractivity contribution in [1.29, 1.82) is 0 Å². The first kappa shape index (κ1) is 17.6. The minimum Gasteiger partial charge on any atom is -0.497 e. The topological polar surface area (TPSA) is 76.9 Å². The van der Waals surface area contributed by atoms with Crippen molar-refractivity contribution in [2.24, 2.45) is 0 Å². The van der Waals surface area contributed by atoms with E-state index in [1.807, 2.05) is 59.3 Å². The number of carbonyl (C=O) groups is 1. The van der Waals surface area contributed by atoms with Crippen LogP contribution in [0.2, 0.25) is 0 Å². The summed E-state index contributed by atoms with van der Waals surface area (Å²) in [7, 11) is 1.62. The van der Waals surface area contributed by atoms with Gasteiger partial charge in [-0.25, -0.2) is 9.78 Å². The van der Waals surface area contributed by atoms with Gasteiger partial charge in [0.1, 0.15) is 23.8 Å². The Morgan fingerprint density at radius 3 is 2.62 bits per heavy atom. The van der Waals surface area contributed by atoms with E-state index in [1.54, 1.807) is 7.11 Å². The van der Waals surface area contributed by atoms with E-state index in [1.165, 1.54) is 0 Å². The first-order valence-electron chi connectivity index (χ1n) is 8.46. The second-order valence-corrected chi connectivity index (χ2v) is 5.66. The normalized spacial score (nSPS) is 10.5. The Morgan fingerprint density at radius 1 is 1.08 bits per heavy atom. The van der Waals surface area contributed by atoms with E-state index in [0.29, 0.717) is 26.1 Å². The number of nitrogens with one attached hydrogen (secondary N) is 2. The third-order valence-corrected chi connectivity index (χ3v) is 3.80. The van der Waals surface area contributed by atoms with Gasteiger partial charge in [0.05, 0.1) is 19.3 Å². The summed E-state index contributed by atoms with van der Waals surface area (Å²) < 4.78 is 12.6. The Bertz CT molecular complexity index is 812. The molecule has 2 amide bonds. The number of amides is 2. The average Bonchev–Trinajstić information content (AvgIpc) is 3.08. The third-order valence-electron chi connectivity index (χ3n) is 3.80. The van der Waals surface area contributed by atoms with Gasteiger partial charge < -0.3 is 24.5 Å². The maximum Gasteiger partial charge on any atom is 0.314 e. The lowest BCUT2D eigenvalue weighted by Crippen LogP contribution is -2.38. The number of ether oxygens (including phenoxy) is 2. The smallest absolute Gasteiger partial charge is 0.314 e. The van der Waals surface area contributed by atoms with E-state index in [9.17, 15) is 4.79 Å². The highest BCUT2D eigenvalue weighted by Gasteiger charge is 2.03. The molecule has 0 spiro atoms. The number of aromatic nitrogens is 2. The van der Waals surface area contributed by atoms with Crippen molar-refractivity contribution in [3.63, 3.8) is 0 Å². The van der Waals surface area contributed by atoms with Crippen LogP contribution in [0.1, 0.15) is 5.69 Å². The molecule has 1 aromatic carbocycles. The first-order chi connectivity index (χ1) is 12.7. The molecule has 136 valence electrons. The lowest BCUT2D eigenvalue weighted by molar-refractivity contribution is 0.236. The summed E-state index contributed by atoms with van der Waals surface area (Å²) in [6.07, 6.45) is 4.60. The van der Waals surface area contributed by atoms with Crippen LogP contribution in [0.3, 0.4) is 0 Å². The molecule has 2 heterocycles. The number of methoxy groups -OCH3 is 1. The highest BCUT2D eigenvalue weighted by molar-refractivity contribution is 5.73. The Hall–Kier alpha value is -3.22. The molecule has 0 atom stereocenters. The average molecular weight is 354 g/mol. The number of imidazole rings is 1. The van der Waals surface area contributed by atoms with Crippen LogP contribution >= 0.6 is 0 Å². The molecule has 0 aliphatic carbocycles. The molecule has 0 fully saturated rings. The quantitative estimate of drug-likeness (QED) is 0.609. The van der Waals surface area contributed by atoms with Gasteiger partial charge in [0.2, 0.25) is 0 Å². The molecule has 0 saturated carbocycles. The van der Waals surface area contributed by atoms with Gasteiger partial charge in [-0.1, -0.05) is 6.07 Å². The Balaban J connectivity index is 1.31. The van der Waals surface area contributed by atoms with Crippen LogP contribution in [0.5, 0.6) is 11.5 Å². The Morgan fingerprint density at radius 2 is 1.85 bits per heavy atom. The van der Waals surface area contributed by atoms with E-state index in [-0.39, 0.29) is 6.03 Å². The largest absolute Gasteiger partial charge is 0.497 e. The van der Waals surface area contributed by atoms with Crippen molar-refractivity contribution in [1.82, 2.24) is 20.0 Å². The van der Waals surface area contributed by atoms with E-state index in [4.69, 9.17) is 9.47 Å². The Kier molecular flexibility index (Phi) is 5.92. The van der Waals surface area contributed by atoms with Gasteiger partial charge in [-0.15, -0.1) is 0 Å². The number of urea groups is 1. The van der Waals surface area contributed by atoms with Gasteiger partial charge in [-0.05, 0) is 36.4 Å². The molecular weight excluding hydrogens is 332 g/mol. The number of hydrogen-bond acceptors (Lipinski definition) is 4. The summed E-state index contributed by atoms with van der Waals surface area (Å²) in [5.74, 6) is 1.51. The van der Waals surface area contributed by atoms with Crippen molar-refractivity contribution >= 4 is 11.7 Å². The summed E-state index contributed by atoms with van der Waals surface area (Å²) in [5, 5.41) is 5.58. The van der Waals surface area contributed by atoms with Gasteiger partial charge in [0.25, 0.3) is 0 Å². The maximum absolute atomic E-state index is 11.8. The van der Waals surface area contributed by atoms with Crippen molar-refractivity contribution in [3.05, 3.63) is 60.6 Å². The lowest BCUT2D eigenvalue weighted by Gasteiger charge is -2.09. The molecule has 7 nitrogen and oxygen atoms in total. The molecule has 0 radical (unpaired) electrons. The van der Waals surface area contributed by atoms with Crippen molar-refractivity contribution < 1.29 is 14.3 Å². The van der Waals surface area contributed by atoms with Crippen molar-refractivity contribution in [2.75, 3.05) is 26.8 Å². The highest BCUT2D eigenvalue weighted by atomic mass is 16.5. The van der Waals surface area contributed by atoms with Gasteiger partial charge in [0.15, 0.2) is 0 Å². The minimum atomic E-state index is -0.216. The van der Waals surface area contributed by atoms with Crippen molar-refractivity contribution in [3.8, 4) is 11.5 Å². The van der Waals surface area contributed by atoms with Crippen LogP contribution in [0, 0.1) is 0 Å². The number of nitrogens with zero attached hydrogens (tertiary/aromatic N) is 2. The minimum absolute atomic E-state index is 0.216. The predicted octanol–water partition coefficient (Wildman–Crippen LogP) is 2.26. The van der Waals surface area contributed by atoms with Crippen molar-refractivity contribution in [2.45, 2.75) is 6.42 Å². The van der Waals surface area contributed by atoms with Crippen LogP contribution in [0.25, 0.3) is 5.65 Å². The number of fused-ring (bicyclic) bond motifs is 1. The second-order valence-electron chi connectivity index (χ2n) is 5.66. The predicted molar refractivity (Wildman–Crippen MR) is 98.8 cm³/mol. The molecule has 0 unspecified atom stereocenters. The summed E-state index contributed by atoms with van der Waals surface area (Å²) in [5.41, 5.74) is 1.85. The van der Waals surface area contributed by atoms with E-state index in [2.05, 4.69) is 15.6 Å². The van der Waals surface area contributed by atoms with Crippen LogP contribution < -0.4 is 20.1 Å². The van der Waals surface area contributed by atoms with E-state index >= 15 is 0 Å².